The van der Waals surface area contributed by atoms with Crippen LogP contribution in [-0.2, 0) is 19.4 Å². The first-order valence-corrected chi connectivity index (χ1v) is 7.91. The molecule has 1 aromatic heterocycles. The molecule has 0 aliphatic rings. The van der Waals surface area contributed by atoms with Crippen molar-refractivity contribution in [2.24, 2.45) is 0 Å². The molecule has 0 spiro atoms. The van der Waals surface area contributed by atoms with Gasteiger partial charge in [0.1, 0.15) is 0 Å². The van der Waals surface area contributed by atoms with E-state index < -0.39 is 0 Å². The molecule has 0 aliphatic carbocycles. The summed E-state index contributed by atoms with van der Waals surface area (Å²) < 4.78 is 1.22. The van der Waals surface area contributed by atoms with Crippen molar-refractivity contribution >= 4 is 27.3 Å². The van der Waals surface area contributed by atoms with E-state index in [1.54, 1.807) is 0 Å². The Morgan fingerprint density at radius 3 is 2.39 bits per heavy atom. The van der Waals surface area contributed by atoms with Gasteiger partial charge in [0.05, 0.1) is 3.79 Å². The third-order valence-electron chi connectivity index (χ3n) is 2.94. The zero-order valence-electron chi connectivity index (χ0n) is 10.6. The molecule has 0 saturated heterocycles. The summed E-state index contributed by atoms with van der Waals surface area (Å²) in [5.41, 5.74) is 2.77. The van der Waals surface area contributed by atoms with Crippen molar-refractivity contribution in [1.82, 2.24) is 5.32 Å². The number of aryl methyl sites for hydroxylation is 1. The van der Waals surface area contributed by atoms with Gasteiger partial charge < -0.3 is 5.32 Å². The quantitative estimate of drug-likeness (QED) is 0.776. The summed E-state index contributed by atoms with van der Waals surface area (Å²) in [4.78, 5) is 1.43. The minimum Gasteiger partial charge on any atom is -0.312 e. The highest BCUT2D eigenvalue weighted by Gasteiger charge is 1.98. The fourth-order valence-corrected chi connectivity index (χ4v) is 3.31. The zero-order valence-corrected chi connectivity index (χ0v) is 13.0. The summed E-state index contributed by atoms with van der Waals surface area (Å²) in [7, 11) is 0. The van der Waals surface area contributed by atoms with E-state index in [1.165, 1.54) is 19.8 Å². The predicted molar refractivity (Wildman–Crippen MR) is 83.2 cm³/mol. The van der Waals surface area contributed by atoms with Gasteiger partial charge in [0.25, 0.3) is 0 Å². The molecule has 0 bridgehead atoms. The molecule has 2 aromatic rings. The molecule has 1 nitrogen and oxygen atoms in total. The molecule has 0 radical (unpaired) electrons. The van der Waals surface area contributed by atoms with Gasteiger partial charge in [0, 0.05) is 18.0 Å². The third-order valence-corrected chi connectivity index (χ3v) is 4.62. The largest absolute Gasteiger partial charge is 0.312 e. The number of rotatable bonds is 6. The lowest BCUT2D eigenvalue weighted by atomic mass is 10.1. The van der Waals surface area contributed by atoms with Crippen LogP contribution in [0.5, 0.6) is 0 Å². The molecule has 96 valence electrons. The zero-order chi connectivity index (χ0) is 12.8. The van der Waals surface area contributed by atoms with Gasteiger partial charge in [0.2, 0.25) is 0 Å². The number of nitrogens with one attached hydrogen (secondary N) is 1. The van der Waals surface area contributed by atoms with Gasteiger partial charge in [-0.05, 0) is 52.0 Å². The second-order valence-electron chi connectivity index (χ2n) is 4.30. The molecule has 0 aliphatic heterocycles. The highest BCUT2D eigenvalue weighted by molar-refractivity contribution is 9.11. The maximum Gasteiger partial charge on any atom is 0.0701 e. The number of thiophene rings is 1. The minimum absolute atomic E-state index is 0.955. The smallest absolute Gasteiger partial charge is 0.0701 e. The van der Waals surface area contributed by atoms with E-state index in [-0.39, 0.29) is 0 Å². The Hall–Kier alpha value is -0.640. The van der Waals surface area contributed by atoms with Gasteiger partial charge in [-0.15, -0.1) is 11.3 Å². The van der Waals surface area contributed by atoms with Gasteiger partial charge in [-0.25, -0.2) is 0 Å². The molecule has 3 heteroatoms. The Morgan fingerprint density at radius 1 is 1.06 bits per heavy atom. The van der Waals surface area contributed by atoms with E-state index in [0.717, 1.165) is 25.9 Å². The topological polar surface area (TPSA) is 12.0 Å². The van der Waals surface area contributed by atoms with Crippen molar-refractivity contribution in [1.29, 1.82) is 0 Å². The summed E-state index contributed by atoms with van der Waals surface area (Å²) in [6.07, 6.45) is 2.21. The lowest BCUT2D eigenvalue weighted by Gasteiger charge is -2.05. The maximum absolute atomic E-state index is 3.49. The predicted octanol–water partition coefficient (Wildman–Crippen LogP) is 4.41. The van der Waals surface area contributed by atoms with Crippen LogP contribution in [0.15, 0.2) is 40.2 Å². The van der Waals surface area contributed by atoms with Crippen molar-refractivity contribution < 1.29 is 0 Å². The van der Waals surface area contributed by atoms with Crippen molar-refractivity contribution in [3.63, 3.8) is 0 Å². The van der Waals surface area contributed by atoms with Gasteiger partial charge >= 0.3 is 0 Å². The molecule has 18 heavy (non-hydrogen) atoms. The molecule has 0 fully saturated rings. The van der Waals surface area contributed by atoms with Crippen molar-refractivity contribution in [2.45, 2.75) is 26.3 Å². The summed E-state index contributed by atoms with van der Waals surface area (Å²) in [6, 6.07) is 13.2. The summed E-state index contributed by atoms with van der Waals surface area (Å²) in [5.74, 6) is 0. The molecule has 1 heterocycles. The van der Waals surface area contributed by atoms with Crippen LogP contribution in [0.2, 0.25) is 0 Å². The van der Waals surface area contributed by atoms with E-state index in [9.17, 15) is 0 Å². The molecule has 0 atom stereocenters. The molecule has 1 N–H and O–H groups in total. The first kappa shape index (κ1) is 13.8. The second kappa shape index (κ2) is 7.07. The van der Waals surface area contributed by atoms with Gasteiger partial charge in [-0.1, -0.05) is 31.2 Å². The third kappa shape index (κ3) is 4.23. The van der Waals surface area contributed by atoms with Crippen molar-refractivity contribution in [2.75, 3.05) is 6.54 Å². The van der Waals surface area contributed by atoms with Crippen LogP contribution < -0.4 is 5.32 Å². The normalized spacial score (nSPS) is 10.8. The van der Waals surface area contributed by atoms with Gasteiger partial charge in [0.15, 0.2) is 0 Å². The first-order chi connectivity index (χ1) is 8.78. The van der Waals surface area contributed by atoms with Gasteiger partial charge in [-0.3, -0.25) is 0 Å². The van der Waals surface area contributed by atoms with Gasteiger partial charge in [-0.2, -0.15) is 0 Å². The van der Waals surface area contributed by atoms with Crippen LogP contribution in [0.3, 0.4) is 0 Å². The molecule has 0 amide bonds. The monoisotopic (exact) mass is 323 g/mol. The van der Waals surface area contributed by atoms with Crippen molar-refractivity contribution in [3.05, 3.63) is 56.2 Å². The number of hydrogen-bond donors (Lipinski definition) is 1. The van der Waals surface area contributed by atoms with Crippen LogP contribution in [0.1, 0.15) is 22.9 Å². The van der Waals surface area contributed by atoms with Crippen LogP contribution in [0.4, 0.5) is 0 Å². The van der Waals surface area contributed by atoms with Crippen LogP contribution >= 0.6 is 27.3 Å². The second-order valence-corrected chi connectivity index (χ2v) is 6.85. The highest BCUT2D eigenvalue weighted by Crippen LogP contribution is 2.22. The molecule has 0 unspecified atom stereocenters. The molecule has 0 saturated carbocycles. The Labute approximate surface area is 121 Å². The Bertz CT molecular complexity index is 475. The van der Waals surface area contributed by atoms with E-state index in [0.29, 0.717) is 0 Å². The Morgan fingerprint density at radius 2 is 1.78 bits per heavy atom. The summed E-state index contributed by atoms with van der Waals surface area (Å²) >= 11 is 5.31. The molecular formula is C15H18BrNS. The average molecular weight is 324 g/mol. The summed E-state index contributed by atoms with van der Waals surface area (Å²) in [6.45, 7) is 4.17. The maximum atomic E-state index is 3.49. The lowest BCUT2D eigenvalue weighted by molar-refractivity contribution is 0.690. The number of hydrogen-bond acceptors (Lipinski definition) is 2. The standard InChI is InChI=1S/C15H18BrNS/c1-2-12-3-5-13(6-4-12)11-17-10-9-14-7-8-15(16)18-14/h3-8,17H,2,9-11H2,1H3. The lowest BCUT2D eigenvalue weighted by Crippen LogP contribution is -2.16. The van der Waals surface area contributed by atoms with Crippen LogP contribution in [-0.4, -0.2) is 6.54 Å². The van der Waals surface area contributed by atoms with E-state index in [2.05, 4.69) is 64.6 Å². The Kier molecular flexibility index (Phi) is 5.42. The van der Waals surface area contributed by atoms with Crippen LogP contribution in [0.25, 0.3) is 0 Å². The fourth-order valence-electron chi connectivity index (χ4n) is 1.82. The van der Waals surface area contributed by atoms with Crippen LogP contribution in [0, 0.1) is 0 Å². The minimum atomic E-state index is 0.955. The average Bonchev–Trinajstić information content (AvgIpc) is 2.81. The SMILES string of the molecule is CCc1ccc(CNCCc2ccc(Br)s2)cc1. The Balaban J connectivity index is 1.71. The van der Waals surface area contributed by atoms with Crippen molar-refractivity contribution in [3.8, 4) is 0 Å². The molecule has 2 rings (SSSR count). The number of benzene rings is 1. The fraction of sp³-hybridized carbons (Fsp3) is 0.333. The summed E-state index contributed by atoms with van der Waals surface area (Å²) in [5, 5.41) is 3.49. The highest BCUT2D eigenvalue weighted by atomic mass is 79.9. The first-order valence-electron chi connectivity index (χ1n) is 6.30. The molecule has 1 aromatic carbocycles. The van der Waals surface area contributed by atoms with E-state index in [4.69, 9.17) is 0 Å². The van der Waals surface area contributed by atoms with E-state index in [1.807, 2.05) is 11.3 Å². The van der Waals surface area contributed by atoms with E-state index >= 15 is 0 Å². The molecular weight excluding hydrogens is 306 g/mol. The number of halogens is 1.